The van der Waals surface area contributed by atoms with Gasteiger partial charge in [-0.3, -0.25) is 14.2 Å². The number of thiazole rings is 1. The first-order chi connectivity index (χ1) is 16.1. The number of para-hydroxylation sites is 1. The summed E-state index contributed by atoms with van der Waals surface area (Å²) >= 11 is 1.13. The van der Waals surface area contributed by atoms with E-state index in [1.165, 1.54) is 4.57 Å². The first-order valence-electron chi connectivity index (χ1n) is 10.4. The third-order valence-electron chi connectivity index (χ3n) is 5.14. The molecule has 0 saturated heterocycles. The van der Waals surface area contributed by atoms with Crippen LogP contribution in [-0.2, 0) is 4.79 Å². The lowest BCUT2D eigenvalue weighted by Gasteiger charge is -2.13. The van der Waals surface area contributed by atoms with Crippen molar-refractivity contribution < 1.29 is 4.79 Å². The van der Waals surface area contributed by atoms with Gasteiger partial charge >= 0.3 is 0 Å². The van der Waals surface area contributed by atoms with Crippen molar-refractivity contribution in [1.82, 2.24) is 9.88 Å². The molecule has 0 bridgehead atoms. The van der Waals surface area contributed by atoms with E-state index >= 15 is 0 Å². The first-order valence-corrected chi connectivity index (χ1v) is 11.2. The van der Waals surface area contributed by atoms with Crippen LogP contribution in [0.15, 0.2) is 95.8 Å². The van der Waals surface area contributed by atoms with Crippen LogP contribution in [0.25, 0.3) is 17.3 Å². The van der Waals surface area contributed by atoms with E-state index in [2.05, 4.69) is 5.32 Å². The van der Waals surface area contributed by atoms with Gasteiger partial charge in [0, 0.05) is 0 Å². The number of benzene rings is 3. The van der Waals surface area contributed by atoms with E-state index in [0.717, 1.165) is 22.5 Å². The minimum atomic E-state index is -0.522. The number of nitrogens with one attached hydrogen (secondary N) is 1. The minimum absolute atomic E-state index is 0.101. The highest BCUT2D eigenvalue weighted by molar-refractivity contribution is 7.07. The fourth-order valence-corrected chi connectivity index (χ4v) is 4.55. The summed E-state index contributed by atoms with van der Waals surface area (Å²) in [6, 6.07) is 29.8. The number of hydrogen-bond donors (Lipinski definition) is 1. The lowest BCUT2D eigenvalue weighted by Crippen LogP contribution is -2.34. The molecule has 4 rings (SSSR count). The van der Waals surface area contributed by atoms with Crippen molar-refractivity contribution in [3.05, 3.63) is 122 Å². The standard InChI is InChI=1S/C27H21N3O2S/c1-19(21-13-7-3-8-14-21)29-25(31)23(18-28)27-30(22-15-9-4-10-16-22)26(32)24(33-27)17-20-11-5-2-6-12-20/h2-17,19H,1H3,(H,29,31)/b24-17+,27-23+. The van der Waals surface area contributed by atoms with Gasteiger partial charge in [-0.2, -0.15) is 5.26 Å². The summed E-state index contributed by atoms with van der Waals surface area (Å²) in [6.45, 7) is 1.86. The summed E-state index contributed by atoms with van der Waals surface area (Å²) in [7, 11) is 0. The number of hydrogen-bond acceptors (Lipinski definition) is 4. The van der Waals surface area contributed by atoms with Gasteiger partial charge in [0.1, 0.15) is 10.7 Å². The van der Waals surface area contributed by atoms with E-state index in [-0.39, 0.29) is 17.2 Å². The zero-order chi connectivity index (χ0) is 23.2. The Labute approximate surface area is 195 Å². The van der Waals surface area contributed by atoms with Gasteiger partial charge in [0.05, 0.1) is 16.3 Å². The summed E-state index contributed by atoms with van der Waals surface area (Å²) in [6.07, 6.45) is 1.77. The van der Waals surface area contributed by atoms with Gasteiger partial charge < -0.3 is 5.32 Å². The summed E-state index contributed by atoms with van der Waals surface area (Å²) in [5, 5.41) is 12.8. The van der Waals surface area contributed by atoms with Gasteiger partial charge in [-0.05, 0) is 36.3 Å². The number of amides is 1. The molecule has 162 valence electrons. The van der Waals surface area contributed by atoms with Gasteiger partial charge in [-0.15, -0.1) is 11.3 Å². The molecule has 0 fully saturated rings. The van der Waals surface area contributed by atoms with E-state index < -0.39 is 5.91 Å². The predicted molar refractivity (Wildman–Crippen MR) is 131 cm³/mol. The number of carbonyl (C=O) groups excluding carboxylic acids is 1. The Hall–Kier alpha value is -4.21. The Morgan fingerprint density at radius 2 is 1.55 bits per heavy atom. The molecule has 1 heterocycles. The van der Waals surface area contributed by atoms with Crippen molar-refractivity contribution in [2.75, 3.05) is 0 Å². The SMILES string of the molecule is CC(NC(=O)/C(C#N)=c1/s/c(=C/c2ccccc2)c(=O)n1-c1ccccc1)c1ccccc1. The molecule has 3 aromatic carbocycles. The smallest absolute Gasteiger partial charge is 0.273 e. The van der Waals surface area contributed by atoms with Crippen molar-refractivity contribution >= 4 is 28.9 Å². The fraction of sp³-hybridized carbons (Fsp3) is 0.0741. The minimum Gasteiger partial charge on any atom is -0.345 e. The second-order valence-corrected chi connectivity index (χ2v) is 8.43. The van der Waals surface area contributed by atoms with Crippen molar-refractivity contribution in [3.63, 3.8) is 0 Å². The third-order valence-corrected chi connectivity index (χ3v) is 6.23. The number of aromatic nitrogens is 1. The van der Waals surface area contributed by atoms with Crippen molar-refractivity contribution in [2.45, 2.75) is 13.0 Å². The van der Waals surface area contributed by atoms with E-state index in [4.69, 9.17) is 0 Å². The molecule has 0 aliphatic rings. The van der Waals surface area contributed by atoms with E-state index in [1.54, 1.807) is 18.2 Å². The second kappa shape index (κ2) is 9.94. The molecule has 0 aliphatic carbocycles. The molecule has 0 spiro atoms. The molecule has 1 atom stereocenters. The lowest BCUT2D eigenvalue weighted by atomic mass is 10.1. The fourth-order valence-electron chi connectivity index (χ4n) is 3.45. The highest BCUT2D eigenvalue weighted by Crippen LogP contribution is 2.12. The van der Waals surface area contributed by atoms with Crippen LogP contribution >= 0.6 is 11.3 Å². The molecule has 1 unspecified atom stereocenters. The normalized spacial score (nSPS) is 13.2. The van der Waals surface area contributed by atoms with Crippen LogP contribution in [0.1, 0.15) is 24.1 Å². The molecule has 1 amide bonds. The Morgan fingerprint density at radius 1 is 0.970 bits per heavy atom. The van der Waals surface area contributed by atoms with Crippen LogP contribution in [0.2, 0.25) is 0 Å². The van der Waals surface area contributed by atoms with Gasteiger partial charge in [0.25, 0.3) is 11.5 Å². The number of rotatable bonds is 5. The highest BCUT2D eigenvalue weighted by Gasteiger charge is 2.19. The summed E-state index contributed by atoms with van der Waals surface area (Å²) < 4.78 is 2.18. The number of nitriles is 1. The van der Waals surface area contributed by atoms with E-state index in [0.29, 0.717) is 14.9 Å². The maximum atomic E-state index is 13.4. The summed E-state index contributed by atoms with van der Waals surface area (Å²) in [5.41, 5.74) is 2.01. The van der Waals surface area contributed by atoms with Crippen LogP contribution < -0.4 is 20.1 Å². The average Bonchev–Trinajstić information content (AvgIpc) is 3.16. The maximum Gasteiger partial charge on any atom is 0.273 e. The van der Waals surface area contributed by atoms with Crippen molar-refractivity contribution in [3.8, 4) is 11.8 Å². The molecule has 4 aromatic rings. The molecular formula is C27H21N3O2S. The topological polar surface area (TPSA) is 74.9 Å². The van der Waals surface area contributed by atoms with Crippen LogP contribution in [0.3, 0.4) is 0 Å². The maximum absolute atomic E-state index is 13.4. The van der Waals surface area contributed by atoms with Crippen LogP contribution in [0.4, 0.5) is 0 Å². The largest absolute Gasteiger partial charge is 0.345 e. The molecule has 6 heteroatoms. The van der Waals surface area contributed by atoms with Crippen LogP contribution in [-0.4, -0.2) is 10.5 Å². The van der Waals surface area contributed by atoms with Gasteiger partial charge in [-0.25, -0.2) is 0 Å². The Morgan fingerprint density at radius 3 is 2.15 bits per heavy atom. The van der Waals surface area contributed by atoms with Crippen molar-refractivity contribution in [1.29, 1.82) is 5.26 Å². The van der Waals surface area contributed by atoms with Crippen molar-refractivity contribution in [2.24, 2.45) is 0 Å². The lowest BCUT2D eigenvalue weighted by molar-refractivity contribution is -0.116. The molecule has 0 saturated carbocycles. The Balaban J connectivity index is 1.89. The van der Waals surface area contributed by atoms with Crippen LogP contribution in [0, 0.1) is 11.3 Å². The van der Waals surface area contributed by atoms with E-state index in [1.807, 2.05) is 91.9 Å². The van der Waals surface area contributed by atoms with E-state index in [9.17, 15) is 14.9 Å². The van der Waals surface area contributed by atoms with Gasteiger partial charge in [0.2, 0.25) is 0 Å². The quantitative estimate of drug-likeness (QED) is 0.506. The summed E-state index contributed by atoms with van der Waals surface area (Å²) in [4.78, 5) is 26.5. The predicted octanol–water partition coefficient (Wildman–Crippen LogP) is 3.28. The number of nitrogens with zero attached hydrogens (tertiary/aromatic N) is 2. The monoisotopic (exact) mass is 451 g/mol. The zero-order valence-corrected chi connectivity index (χ0v) is 18.8. The zero-order valence-electron chi connectivity index (χ0n) is 17.9. The molecular weight excluding hydrogens is 430 g/mol. The van der Waals surface area contributed by atoms with Crippen LogP contribution in [0.5, 0.6) is 0 Å². The summed E-state index contributed by atoms with van der Waals surface area (Å²) in [5.74, 6) is -0.522. The highest BCUT2D eigenvalue weighted by atomic mass is 32.1. The second-order valence-electron chi connectivity index (χ2n) is 7.40. The molecule has 1 N–H and O–H groups in total. The Kier molecular flexibility index (Phi) is 6.63. The van der Waals surface area contributed by atoms with Gasteiger partial charge in [-0.1, -0.05) is 78.9 Å². The molecule has 33 heavy (non-hydrogen) atoms. The van der Waals surface area contributed by atoms with Gasteiger partial charge in [0.15, 0.2) is 5.57 Å². The first kappa shape index (κ1) is 22.0. The molecule has 0 radical (unpaired) electrons. The molecule has 5 nitrogen and oxygen atoms in total. The Bertz CT molecular complexity index is 1480. The average molecular weight is 452 g/mol. The molecule has 1 aromatic heterocycles. The third kappa shape index (κ3) is 4.84. The molecule has 0 aliphatic heterocycles. The number of carbonyl (C=O) groups is 1.